The molecule has 0 saturated carbocycles. The number of carbonyl (C=O) groups is 2. The molecule has 0 unspecified atom stereocenters. The highest BCUT2D eigenvalue weighted by Gasteiger charge is 2.17. The Labute approximate surface area is 154 Å². The first-order valence-electron chi connectivity index (χ1n) is 7.81. The van der Waals surface area contributed by atoms with Gasteiger partial charge in [0, 0.05) is 14.1 Å². The van der Waals surface area contributed by atoms with Crippen molar-refractivity contribution in [2.24, 2.45) is 0 Å². The summed E-state index contributed by atoms with van der Waals surface area (Å²) in [5, 5.41) is 4.62. The first kappa shape index (κ1) is 20.0. The summed E-state index contributed by atoms with van der Waals surface area (Å²) in [6.07, 6.45) is -0.528. The number of anilines is 1. The second-order valence-electron chi connectivity index (χ2n) is 5.09. The largest absolute Gasteiger partial charge is 0.479 e. The highest BCUT2D eigenvalue weighted by Crippen LogP contribution is 2.21. The third-order valence-electron chi connectivity index (χ3n) is 3.30. The third-order valence-corrected chi connectivity index (χ3v) is 3.30. The van der Waals surface area contributed by atoms with Crippen LogP contribution in [0.2, 0.25) is 0 Å². The van der Waals surface area contributed by atoms with Crippen molar-refractivity contribution in [1.82, 2.24) is 30.2 Å². The van der Waals surface area contributed by atoms with E-state index in [9.17, 15) is 9.59 Å². The molecule has 0 aromatic carbocycles. The number of hydrogen-bond donors (Lipinski definition) is 3. The summed E-state index contributed by atoms with van der Waals surface area (Å²) in [5.74, 6) is 0.252. The van der Waals surface area contributed by atoms with Gasteiger partial charge in [0.1, 0.15) is 26.0 Å². The number of fused-ring (bicyclic) bond motifs is 1. The predicted molar refractivity (Wildman–Crippen MR) is 92.0 cm³/mol. The molecule has 0 saturated heterocycles. The van der Waals surface area contributed by atoms with Crippen LogP contribution in [0.4, 0.5) is 15.5 Å². The zero-order valence-corrected chi connectivity index (χ0v) is 15.1. The lowest BCUT2D eigenvalue weighted by atomic mass is 10.4. The lowest BCUT2D eigenvalue weighted by molar-refractivity contribution is -0.0542. The molecule has 2 amide bonds. The van der Waals surface area contributed by atoms with Gasteiger partial charge in [-0.2, -0.15) is 9.97 Å². The number of amides is 2. The second-order valence-corrected chi connectivity index (χ2v) is 5.09. The number of methoxy groups -OCH3 is 1. The van der Waals surface area contributed by atoms with E-state index in [-0.39, 0.29) is 31.8 Å². The van der Waals surface area contributed by atoms with Crippen molar-refractivity contribution < 1.29 is 28.5 Å². The van der Waals surface area contributed by atoms with E-state index in [1.807, 2.05) is 0 Å². The van der Waals surface area contributed by atoms with Gasteiger partial charge in [-0.3, -0.25) is 4.57 Å². The summed E-state index contributed by atoms with van der Waals surface area (Å²) in [7, 11) is 4.29. The van der Waals surface area contributed by atoms with E-state index >= 15 is 0 Å². The molecule has 13 heteroatoms. The number of nitrogens with zero attached hydrogens (tertiary/aromatic N) is 4. The summed E-state index contributed by atoms with van der Waals surface area (Å²) < 4.78 is 22.3. The second kappa shape index (κ2) is 9.38. The number of nitrogens with two attached hydrogens (primary N) is 1. The maximum absolute atomic E-state index is 11.3. The number of aromatic nitrogens is 4. The molecule has 0 atom stereocenters. The van der Waals surface area contributed by atoms with Gasteiger partial charge in [0.2, 0.25) is 11.8 Å². The summed E-state index contributed by atoms with van der Waals surface area (Å²) in [6.45, 7) is -0.289. The SMILES string of the molecule is CNC(=O)OCC(COC(=O)NC)OCn1cnc2c(OC)nc(N)nc21. The van der Waals surface area contributed by atoms with Crippen molar-refractivity contribution in [2.45, 2.75) is 12.8 Å². The number of rotatable bonds is 8. The molecule has 4 N–H and O–H groups in total. The Balaban J connectivity index is 2.08. The summed E-state index contributed by atoms with van der Waals surface area (Å²) in [4.78, 5) is 34.7. The summed E-state index contributed by atoms with van der Waals surface area (Å²) >= 11 is 0. The van der Waals surface area contributed by atoms with Crippen molar-refractivity contribution >= 4 is 29.3 Å². The predicted octanol–water partition coefficient (Wildman–Crippen LogP) is -0.528. The summed E-state index contributed by atoms with van der Waals surface area (Å²) in [5.41, 5.74) is 6.48. The van der Waals surface area contributed by atoms with Crippen molar-refractivity contribution in [3.8, 4) is 5.88 Å². The molecule has 0 aliphatic heterocycles. The highest BCUT2D eigenvalue weighted by molar-refractivity contribution is 5.77. The number of carbonyl (C=O) groups excluding carboxylic acids is 2. The maximum Gasteiger partial charge on any atom is 0.406 e. The van der Waals surface area contributed by atoms with Crippen LogP contribution >= 0.6 is 0 Å². The van der Waals surface area contributed by atoms with E-state index in [4.69, 9.17) is 24.7 Å². The van der Waals surface area contributed by atoms with Gasteiger partial charge in [0.25, 0.3) is 0 Å². The van der Waals surface area contributed by atoms with Gasteiger partial charge in [-0.25, -0.2) is 14.6 Å². The number of ether oxygens (including phenoxy) is 4. The Morgan fingerprint density at radius 2 is 1.81 bits per heavy atom. The highest BCUT2D eigenvalue weighted by atomic mass is 16.6. The Morgan fingerprint density at radius 3 is 2.37 bits per heavy atom. The number of alkyl carbamates (subject to hydrolysis) is 2. The zero-order valence-electron chi connectivity index (χ0n) is 15.1. The molecule has 0 spiro atoms. The van der Waals surface area contributed by atoms with Crippen LogP contribution in [0.1, 0.15) is 0 Å². The van der Waals surface area contributed by atoms with Gasteiger partial charge < -0.3 is 35.3 Å². The first-order valence-corrected chi connectivity index (χ1v) is 7.81. The van der Waals surface area contributed by atoms with Crippen molar-refractivity contribution in [3.63, 3.8) is 0 Å². The lowest BCUT2D eigenvalue weighted by Crippen LogP contribution is -2.33. The minimum Gasteiger partial charge on any atom is -0.479 e. The van der Waals surface area contributed by atoms with Crippen molar-refractivity contribution in [2.75, 3.05) is 40.2 Å². The van der Waals surface area contributed by atoms with Gasteiger partial charge >= 0.3 is 12.2 Å². The molecule has 2 heterocycles. The smallest absolute Gasteiger partial charge is 0.406 e. The molecule has 0 radical (unpaired) electrons. The Hall–Kier alpha value is -3.35. The zero-order chi connectivity index (χ0) is 19.8. The topological polar surface area (TPSA) is 165 Å². The molecular formula is C14H21N7O6. The molecule has 2 aromatic rings. The summed E-state index contributed by atoms with van der Waals surface area (Å²) in [6, 6.07) is 0. The minimum atomic E-state index is -0.724. The molecule has 0 aliphatic rings. The molecule has 13 nitrogen and oxygen atoms in total. The van der Waals surface area contributed by atoms with Gasteiger partial charge in [-0.1, -0.05) is 0 Å². The molecular weight excluding hydrogens is 362 g/mol. The van der Waals surface area contributed by atoms with Gasteiger partial charge in [0.15, 0.2) is 11.2 Å². The molecule has 2 aromatic heterocycles. The molecule has 0 bridgehead atoms. The fourth-order valence-corrected chi connectivity index (χ4v) is 1.98. The fraction of sp³-hybridized carbons (Fsp3) is 0.500. The van der Waals surface area contributed by atoms with Gasteiger partial charge in [0.05, 0.1) is 13.4 Å². The van der Waals surface area contributed by atoms with E-state index in [1.165, 1.54) is 27.5 Å². The number of nitrogen functional groups attached to an aromatic ring is 1. The minimum absolute atomic E-state index is 0.0172. The van der Waals surface area contributed by atoms with E-state index in [1.54, 1.807) is 4.57 Å². The van der Waals surface area contributed by atoms with Crippen LogP contribution in [0.25, 0.3) is 11.2 Å². The van der Waals surface area contributed by atoms with Crippen LogP contribution in [0, 0.1) is 0 Å². The van der Waals surface area contributed by atoms with Crippen molar-refractivity contribution in [3.05, 3.63) is 6.33 Å². The van der Waals surface area contributed by atoms with E-state index in [2.05, 4.69) is 25.6 Å². The fourth-order valence-electron chi connectivity index (χ4n) is 1.98. The quantitative estimate of drug-likeness (QED) is 0.539. The van der Waals surface area contributed by atoms with E-state index in [0.717, 1.165) is 0 Å². The lowest BCUT2D eigenvalue weighted by Gasteiger charge is -2.18. The van der Waals surface area contributed by atoms with Gasteiger partial charge in [-0.05, 0) is 0 Å². The molecule has 0 aliphatic carbocycles. The Kier molecular flexibility index (Phi) is 6.93. The number of nitrogens with one attached hydrogen (secondary N) is 2. The number of imidazole rings is 1. The molecule has 148 valence electrons. The monoisotopic (exact) mass is 383 g/mol. The average Bonchev–Trinajstić information content (AvgIpc) is 3.08. The molecule has 0 fully saturated rings. The van der Waals surface area contributed by atoms with E-state index in [0.29, 0.717) is 11.2 Å². The van der Waals surface area contributed by atoms with Crippen LogP contribution in [-0.2, 0) is 20.9 Å². The van der Waals surface area contributed by atoms with Gasteiger partial charge in [-0.15, -0.1) is 0 Å². The Morgan fingerprint density at radius 1 is 1.19 bits per heavy atom. The average molecular weight is 383 g/mol. The van der Waals surface area contributed by atoms with E-state index < -0.39 is 18.3 Å². The number of hydrogen-bond acceptors (Lipinski definition) is 10. The normalized spacial score (nSPS) is 10.7. The van der Waals surface area contributed by atoms with Crippen LogP contribution in [-0.4, -0.2) is 72.2 Å². The standard InChI is InChI=1S/C14H21N7O6/c1-16-13(22)25-4-8(5-26-14(23)17-2)27-7-21-6-18-9-10(21)19-12(15)20-11(9)24-3/h6,8H,4-5,7H2,1-3H3,(H,16,22)(H,17,23)(H2,15,19,20). The molecule has 2 rings (SSSR count). The van der Waals surface area contributed by atoms with Crippen molar-refractivity contribution in [1.29, 1.82) is 0 Å². The maximum atomic E-state index is 11.3. The van der Waals surface area contributed by atoms with Crippen LogP contribution in [0.15, 0.2) is 6.33 Å². The Bertz CT molecular complexity index is 776. The van der Waals surface area contributed by atoms with Crippen LogP contribution in [0.3, 0.4) is 0 Å². The van der Waals surface area contributed by atoms with Crippen LogP contribution < -0.4 is 21.1 Å². The first-order chi connectivity index (χ1) is 13.0. The third kappa shape index (κ3) is 5.31. The molecule has 27 heavy (non-hydrogen) atoms. The van der Waals surface area contributed by atoms with Crippen LogP contribution in [0.5, 0.6) is 5.88 Å².